The number of aryl methyl sites for hydroxylation is 1. The highest BCUT2D eigenvalue weighted by Gasteiger charge is 2.21. The van der Waals surface area contributed by atoms with E-state index in [1.54, 1.807) is 18.2 Å². The number of carbonyl (C=O) groups is 1. The molecule has 8 N–H and O–H groups in total. The number of hydrogen-bond donors (Lipinski definition) is 6. The van der Waals surface area contributed by atoms with E-state index in [-0.39, 0.29) is 11.7 Å². The van der Waals surface area contributed by atoms with Crippen LogP contribution in [0.3, 0.4) is 0 Å². The van der Waals surface area contributed by atoms with Crippen LogP contribution in [0, 0.1) is 12.3 Å². The molecule has 16 heteroatoms. The summed E-state index contributed by atoms with van der Waals surface area (Å²) in [5.41, 5.74) is 9.73. The van der Waals surface area contributed by atoms with Crippen LogP contribution in [-0.2, 0) is 20.2 Å². The second-order valence-electron chi connectivity index (χ2n) is 5.51. The SMILES string of the molecule is CS(=O)(=O)O.Cc1nc(-c2cc(Cl)ccc2Cl)[nH]c1C(=O)CS(=O)(=O)O.N=C(N)N. The van der Waals surface area contributed by atoms with Gasteiger partial charge >= 0.3 is 0 Å². The van der Waals surface area contributed by atoms with Crippen LogP contribution in [0.4, 0.5) is 0 Å². The Labute approximate surface area is 182 Å². The molecule has 0 bridgehead atoms. The van der Waals surface area contributed by atoms with Gasteiger partial charge < -0.3 is 16.5 Å². The number of halogens is 2. The minimum atomic E-state index is -4.40. The smallest absolute Gasteiger partial charge is 0.272 e. The summed E-state index contributed by atoms with van der Waals surface area (Å²) in [5.74, 6) is -1.84. The number of nitrogens with two attached hydrogens (primary N) is 2. The van der Waals surface area contributed by atoms with Crippen molar-refractivity contribution in [3.63, 3.8) is 0 Å². The third-order valence-corrected chi connectivity index (χ3v) is 3.85. The molecule has 12 nitrogen and oxygen atoms in total. The number of rotatable bonds is 4. The van der Waals surface area contributed by atoms with Crippen molar-refractivity contribution in [3.05, 3.63) is 39.6 Å². The molecule has 0 aliphatic carbocycles. The first kappa shape index (κ1) is 27.8. The van der Waals surface area contributed by atoms with Gasteiger partial charge in [-0.05, 0) is 25.1 Å². The van der Waals surface area contributed by atoms with E-state index in [0.29, 0.717) is 33.4 Å². The van der Waals surface area contributed by atoms with Crippen molar-refractivity contribution >= 4 is 55.2 Å². The van der Waals surface area contributed by atoms with Gasteiger partial charge in [0.1, 0.15) is 17.3 Å². The third kappa shape index (κ3) is 12.4. The van der Waals surface area contributed by atoms with Gasteiger partial charge in [-0.2, -0.15) is 16.8 Å². The van der Waals surface area contributed by atoms with Gasteiger partial charge in [0.05, 0.1) is 17.0 Å². The monoisotopic (exact) mass is 503 g/mol. The Bertz CT molecular complexity index is 1120. The van der Waals surface area contributed by atoms with E-state index < -0.39 is 31.8 Å². The summed E-state index contributed by atoms with van der Waals surface area (Å²) in [6, 6.07) is 4.75. The maximum Gasteiger partial charge on any atom is 0.272 e. The number of carbonyl (C=O) groups excluding carboxylic acids is 1. The summed E-state index contributed by atoms with van der Waals surface area (Å²) in [7, 11) is -8.07. The molecule has 2 aromatic rings. The maximum atomic E-state index is 11.8. The molecule has 0 aliphatic rings. The number of imidazole rings is 1. The molecule has 0 saturated carbocycles. The first-order valence-electron chi connectivity index (χ1n) is 7.43. The van der Waals surface area contributed by atoms with Crippen molar-refractivity contribution in [3.8, 4) is 11.4 Å². The Morgan fingerprint density at radius 2 is 1.67 bits per heavy atom. The van der Waals surface area contributed by atoms with Gasteiger partial charge in [0.15, 0.2) is 11.7 Å². The van der Waals surface area contributed by atoms with Gasteiger partial charge in [-0.25, -0.2) is 4.98 Å². The first-order valence-corrected chi connectivity index (χ1v) is 11.6. The third-order valence-electron chi connectivity index (χ3n) is 2.66. The first-order chi connectivity index (χ1) is 13.4. The van der Waals surface area contributed by atoms with E-state index in [9.17, 15) is 21.6 Å². The van der Waals surface area contributed by atoms with Crippen LogP contribution in [-0.4, -0.2) is 59.7 Å². The fraction of sp³-hybridized carbons (Fsp3) is 0.214. The van der Waals surface area contributed by atoms with Gasteiger partial charge in [0.2, 0.25) is 0 Å². The molecule has 1 aromatic heterocycles. The molecule has 1 heterocycles. The number of Topliss-reactive ketones (excluding diaryl/α,β-unsaturated/α-hetero) is 1. The highest BCUT2D eigenvalue weighted by atomic mass is 35.5. The molecule has 0 aliphatic heterocycles. The Hall–Kier alpha value is -2.23. The number of ketones is 1. The predicted molar refractivity (Wildman–Crippen MR) is 113 cm³/mol. The van der Waals surface area contributed by atoms with Crippen molar-refractivity contribution in [1.82, 2.24) is 9.97 Å². The van der Waals surface area contributed by atoms with Gasteiger partial charge in [0.25, 0.3) is 20.2 Å². The molecular formula is C14H19Cl2N5O7S2. The molecule has 30 heavy (non-hydrogen) atoms. The van der Waals surface area contributed by atoms with Crippen molar-refractivity contribution < 1.29 is 30.7 Å². The maximum absolute atomic E-state index is 11.8. The zero-order chi connectivity index (χ0) is 23.9. The lowest BCUT2D eigenvalue weighted by Gasteiger charge is -2.01. The molecule has 1 aromatic carbocycles. The number of aromatic nitrogens is 2. The summed E-state index contributed by atoms with van der Waals surface area (Å²) in [5, 5.41) is 6.87. The summed E-state index contributed by atoms with van der Waals surface area (Å²) >= 11 is 11.9. The number of aromatic amines is 1. The van der Waals surface area contributed by atoms with E-state index in [0.717, 1.165) is 0 Å². The topological polar surface area (TPSA) is 230 Å². The van der Waals surface area contributed by atoms with Crippen LogP contribution >= 0.6 is 23.2 Å². The largest absolute Gasteiger partial charge is 0.370 e. The molecular weight excluding hydrogens is 485 g/mol. The molecule has 168 valence electrons. The highest BCUT2D eigenvalue weighted by Crippen LogP contribution is 2.29. The molecule has 0 fully saturated rings. The Kier molecular flexibility index (Phi) is 10.4. The lowest BCUT2D eigenvalue weighted by molar-refractivity contribution is 0.101. The molecule has 0 radical (unpaired) electrons. The second-order valence-corrected chi connectivity index (χ2v) is 9.27. The Morgan fingerprint density at radius 1 is 1.20 bits per heavy atom. The van der Waals surface area contributed by atoms with Gasteiger partial charge in [0, 0.05) is 10.6 Å². The Morgan fingerprint density at radius 3 is 2.10 bits per heavy atom. The quantitative estimate of drug-likeness (QED) is 0.150. The number of nitrogens with zero attached hydrogens (tertiary/aromatic N) is 1. The number of benzene rings is 1. The second kappa shape index (κ2) is 11.2. The normalized spacial score (nSPS) is 10.9. The molecule has 0 spiro atoms. The van der Waals surface area contributed by atoms with E-state index in [2.05, 4.69) is 21.4 Å². The number of guanidine groups is 1. The van der Waals surface area contributed by atoms with Crippen LogP contribution in [0.1, 0.15) is 16.2 Å². The summed E-state index contributed by atoms with van der Waals surface area (Å²) in [6.07, 6.45) is 0.715. The van der Waals surface area contributed by atoms with Gasteiger partial charge in [-0.3, -0.25) is 19.3 Å². The molecule has 0 saturated heterocycles. The minimum Gasteiger partial charge on any atom is -0.370 e. The molecule has 0 atom stereocenters. The fourth-order valence-corrected chi connectivity index (χ4v) is 2.63. The predicted octanol–water partition coefficient (Wildman–Crippen LogP) is 1.10. The van der Waals surface area contributed by atoms with E-state index in [1.165, 1.54) is 6.92 Å². The van der Waals surface area contributed by atoms with Crippen LogP contribution < -0.4 is 11.5 Å². The van der Waals surface area contributed by atoms with E-state index in [4.69, 9.17) is 37.7 Å². The van der Waals surface area contributed by atoms with Crippen molar-refractivity contribution in [1.29, 1.82) is 5.41 Å². The van der Waals surface area contributed by atoms with Crippen LogP contribution in [0.5, 0.6) is 0 Å². The van der Waals surface area contributed by atoms with Crippen molar-refractivity contribution in [2.45, 2.75) is 6.92 Å². The zero-order valence-electron chi connectivity index (χ0n) is 15.5. The van der Waals surface area contributed by atoms with Crippen molar-refractivity contribution in [2.24, 2.45) is 11.5 Å². The lowest BCUT2D eigenvalue weighted by Crippen LogP contribution is -2.20. The highest BCUT2D eigenvalue weighted by molar-refractivity contribution is 7.86. The van der Waals surface area contributed by atoms with Crippen LogP contribution in [0.25, 0.3) is 11.4 Å². The van der Waals surface area contributed by atoms with Gasteiger partial charge in [-0.15, -0.1) is 0 Å². The van der Waals surface area contributed by atoms with Crippen LogP contribution in [0.15, 0.2) is 18.2 Å². The molecule has 0 unspecified atom stereocenters. The fourth-order valence-electron chi connectivity index (χ4n) is 1.78. The van der Waals surface area contributed by atoms with E-state index in [1.807, 2.05) is 0 Å². The van der Waals surface area contributed by atoms with E-state index >= 15 is 0 Å². The standard InChI is InChI=1S/C12H10Cl2N2O4S.CH5N3.CH4O3S/c1-6-11(10(17)5-21(18,19)20)16-12(15-6)8-4-7(13)2-3-9(8)14;2-1(3)4;1-5(2,3)4/h2-4H,5H2,1H3,(H,15,16)(H,18,19,20);(H5,2,3,4);1H3,(H,2,3,4). The summed E-state index contributed by atoms with van der Waals surface area (Å²) < 4.78 is 56.1. The minimum absolute atomic E-state index is 0.00123. The lowest BCUT2D eigenvalue weighted by atomic mass is 10.2. The Balaban J connectivity index is 0.000000789. The van der Waals surface area contributed by atoms with Crippen LogP contribution in [0.2, 0.25) is 10.0 Å². The molecule has 0 amide bonds. The average molecular weight is 504 g/mol. The van der Waals surface area contributed by atoms with Gasteiger partial charge in [-0.1, -0.05) is 23.2 Å². The summed E-state index contributed by atoms with van der Waals surface area (Å²) in [4.78, 5) is 18.7. The number of H-pyrrole nitrogens is 1. The molecule has 2 rings (SSSR count). The van der Waals surface area contributed by atoms with Crippen molar-refractivity contribution in [2.75, 3.05) is 12.0 Å². The number of nitrogens with one attached hydrogen (secondary N) is 2. The average Bonchev–Trinajstić information content (AvgIpc) is 2.87. The summed E-state index contributed by atoms with van der Waals surface area (Å²) in [6.45, 7) is 1.54. The number of hydrogen-bond acceptors (Lipinski definition) is 7. The zero-order valence-corrected chi connectivity index (χ0v) is 18.7.